The smallest absolute Gasteiger partial charge is 0.305 e. The highest BCUT2D eigenvalue weighted by Crippen LogP contribution is 2.18. The third-order valence-electron chi connectivity index (χ3n) is 15.3. The minimum atomic E-state index is -0.850. The molecule has 0 aromatic carbocycles. The molecule has 0 radical (unpaired) electrons. The minimum Gasteiger partial charge on any atom is -0.465 e. The quantitative estimate of drug-likeness (QED) is 0.0320. The number of carbonyl (C=O) groups is 2. The van der Waals surface area contributed by atoms with E-state index in [0.717, 1.165) is 51.4 Å². The lowest BCUT2D eigenvalue weighted by atomic mass is 10.0. The number of hydrogen-bond acceptors (Lipinski definition) is 5. The van der Waals surface area contributed by atoms with Gasteiger partial charge in [0.2, 0.25) is 5.91 Å². The van der Waals surface area contributed by atoms with Crippen molar-refractivity contribution in [3.8, 4) is 0 Å². The number of allylic oxidation sites excluding steroid dienone is 6. The molecule has 6 heteroatoms. The lowest BCUT2D eigenvalue weighted by Gasteiger charge is -2.20. The summed E-state index contributed by atoms with van der Waals surface area (Å²) in [6.45, 7) is 4.80. The van der Waals surface area contributed by atoms with Crippen molar-refractivity contribution in [1.82, 2.24) is 5.32 Å². The van der Waals surface area contributed by atoms with Gasteiger partial charge in [0.05, 0.1) is 25.4 Å². The van der Waals surface area contributed by atoms with Crippen molar-refractivity contribution in [3.05, 3.63) is 48.6 Å². The Morgan fingerprint density at radius 3 is 1.03 bits per heavy atom. The first-order valence-electron chi connectivity index (χ1n) is 33.4. The van der Waals surface area contributed by atoms with Gasteiger partial charge in [-0.1, -0.05) is 313 Å². The topological polar surface area (TPSA) is 95.9 Å². The number of nitrogens with one attached hydrogen (secondary N) is 1. The van der Waals surface area contributed by atoms with Crippen LogP contribution in [0, 0.1) is 0 Å². The zero-order chi connectivity index (χ0) is 54.3. The molecule has 0 rings (SSSR count). The molecule has 0 aliphatic heterocycles. The number of aliphatic hydroxyl groups excluding tert-OH is 2. The first-order valence-corrected chi connectivity index (χ1v) is 33.4. The van der Waals surface area contributed by atoms with Gasteiger partial charge in [0, 0.05) is 12.8 Å². The van der Waals surface area contributed by atoms with Crippen molar-refractivity contribution in [2.75, 3.05) is 13.2 Å². The van der Waals surface area contributed by atoms with E-state index in [2.05, 4.69) is 55.6 Å². The third-order valence-corrected chi connectivity index (χ3v) is 15.3. The van der Waals surface area contributed by atoms with E-state index in [1.807, 2.05) is 6.08 Å². The number of esters is 1. The predicted octanol–water partition coefficient (Wildman–Crippen LogP) is 21.3. The van der Waals surface area contributed by atoms with Crippen LogP contribution in [0.15, 0.2) is 48.6 Å². The number of ether oxygens (including phenoxy) is 1. The first-order chi connectivity index (χ1) is 37.0. The Morgan fingerprint density at radius 2 is 0.667 bits per heavy atom. The molecule has 440 valence electrons. The van der Waals surface area contributed by atoms with E-state index in [1.54, 1.807) is 6.08 Å². The van der Waals surface area contributed by atoms with Crippen LogP contribution in [0.25, 0.3) is 0 Å². The van der Waals surface area contributed by atoms with E-state index in [1.165, 1.54) is 276 Å². The van der Waals surface area contributed by atoms with Crippen LogP contribution in [0.3, 0.4) is 0 Å². The first kappa shape index (κ1) is 72.8. The molecule has 0 spiro atoms. The van der Waals surface area contributed by atoms with Crippen molar-refractivity contribution in [3.63, 3.8) is 0 Å². The molecule has 0 saturated carbocycles. The Kier molecular flexibility index (Phi) is 62.5. The molecule has 2 unspecified atom stereocenters. The van der Waals surface area contributed by atoms with Gasteiger partial charge in [-0.3, -0.25) is 9.59 Å². The molecule has 0 aliphatic rings. The van der Waals surface area contributed by atoms with E-state index in [-0.39, 0.29) is 18.5 Å². The molecular formula is C69H129NO5. The molecule has 3 N–H and O–H groups in total. The van der Waals surface area contributed by atoms with Crippen LogP contribution in [-0.4, -0.2) is 47.4 Å². The summed E-state index contributed by atoms with van der Waals surface area (Å²) in [5.74, 6) is -0.114. The highest BCUT2D eigenvalue weighted by Gasteiger charge is 2.18. The average Bonchev–Trinajstić information content (AvgIpc) is 3.41. The monoisotopic (exact) mass is 1050 g/mol. The lowest BCUT2D eigenvalue weighted by Crippen LogP contribution is -2.45. The fraction of sp³-hybridized carbons (Fsp3) is 0.855. The Hall–Kier alpha value is -2.18. The lowest BCUT2D eigenvalue weighted by molar-refractivity contribution is -0.143. The molecule has 75 heavy (non-hydrogen) atoms. The van der Waals surface area contributed by atoms with E-state index in [0.29, 0.717) is 19.4 Å². The second kappa shape index (κ2) is 64.3. The number of hydrogen-bond donors (Lipinski definition) is 3. The van der Waals surface area contributed by atoms with Crippen LogP contribution in [0.4, 0.5) is 0 Å². The van der Waals surface area contributed by atoms with Gasteiger partial charge < -0.3 is 20.3 Å². The fourth-order valence-electron chi connectivity index (χ4n) is 10.2. The highest BCUT2D eigenvalue weighted by atomic mass is 16.5. The average molecular weight is 1050 g/mol. The van der Waals surface area contributed by atoms with Gasteiger partial charge in [0.15, 0.2) is 0 Å². The Balaban J connectivity index is 3.48. The van der Waals surface area contributed by atoms with Crippen LogP contribution >= 0.6 is 0 Å². The number of rotatable bonds is 62. The summed E-state index contributed by atoms with van der Waals surface area (Å²) < 4.78 is 5.41. The van der Waals surface area contributed by atoms with Gasteiger partial charge in [-0.15, -0.1) is 0 Å². The van der Waals surface area contributed by atoms with Crippen LogP contribution < -0.4 is 5.32 Å². The van der Waals surface area contributed by atoms with E-state index >= 15 is 0 Å². The van der Waals surface area contributed by atoms with Crippen LogP contribution in [-0.2, 0) is 14.3 Å². The fourth-order valence-corrected chi connectivity index (χ4v) is 10.2. The van der Waals surface area contributed by atoms with Crippen molar-refractivity contribution in [2.45, 2.75) is 366 Å². The van der Waals surface area contributed by atoms with Crippen molar-refractivity contribution in [2.24, 2.45) is 0 Å². The Morgan fingerprint density at radius 1 is 0.373 bits per heavy atom. The van der Waals surface area contributed by atoms with Gasteiger partial charge >= 0.3 is 5.97 Å². The Bertz CT molecular complexity index is 1260. The van der Waals surface area contributed by atoms with Gasteiger partial charge in [-0.2, -0.15) is 0 Å². The summed E-state index contributed by atoms with van der Waals surface area (Å²) in [4.78, 5) is 24.5. The number of carbonyl (C=O) groups excluding carboxylic acids is 2. The second-order valence-corrected chi connectivity index (χ2v) is 22.8. The van der Waals surface area contributed by atoms with Gasteiger partial charge in [-0.25, -0.2) is 0 Å². The third kappa shape index (κ3) is 60.9. The molecule has 0 aromatic heterocycles. The van der Waals surface area contributed by atoms with Crippen molar-refractivity contribution >= 4 is 11.9 Å². The van der Waals surface area contributed by atoms with Gasteiger partial charge in [-0.05, 0) is 77.0 Å². The van der Waals surface area contributed by atoms with E-state index in [9.17, 15) is 19.8 Å². The number of aliphatic hydroxyl groups is 2. The maximum absolute atomic E-state index is 12.5. The molecule has 1 amide bonds. The van der Waals surface area contributed by atoms with Gasteiger partial charge in [0.25, 0.3) is 0 Å². The summed E-state index contributed by atoms with van der Waals surface area (Å²) in [5, 5.41) is 23.2. The van der Waals surface area contributed by atoms with Gasteiger partial charge in [0.1, 0.15) is 0 Å². The zero-order valence-electron chi connectivity index (χ0n) is 50.3. The maximum atomic E-state index is 12.5. The largest absolute Gasteiger partial charge is 0.465 e. The molecule has 0 fully saturated rings. The SMILES string of the molecule is CCCCCCC/C=C\CCCCCCCC(=O)OCC/C=C\C/C=C\CCCCCCCCCCCCCCCCC(=O)NC(CO)C(O)/C=C/CCCCCCCCCCCCCCCCCCCCCCC. The second-order valence-electron chi connectivity index (χ2n) is 22.8. The number of amides is 1. The summed E-state index contributed by atoms with van der Waals surface area (Å²) >= 11 is 0. The molecule has 6 nitrogen and oxygen atoms in total. The van der Waals surface area contributed by atoms with Crippen molar-refractivity contribution < 1.29 is 24.5 Å². The maximum Gasteiger partial charge on any atom is 0.305 e. The normalized spacial score (nSPS) is 12.9. The zero-order valence-corrected chi connectivity index (χ0v) is 50.3. The van der Waals surface area contributed by atoms with E-state index < -0.39 is 12.1 Å². The summed E-state index contributed by atoms with van der Waals surface area (Å²) in [6, 6.07) is -0.634. The van der Waals surface area contributed by atoms with Crippen LogP contribution in [0.2, 0.25) is 0 Å². The molecular weight excluding hydrogens is 923 g/mol. The molecule has 0 heterocycles. The predicted molar refractivity (Wildman–Crippen MR) is 329 cm³/mol. The van der Waals surface area contributed by atoms with E-state index in [4.69, 9.17) is 4.74 Å². The summed E-state index contributed by atoms with van der Waals surface area (Å²) in [6.07, 6.45) is 83.2. The minimum absolute atomic E-state index is 0.0442. The molecule has 0 aromatic rings. The Labute approximate surface area is 467 Å². The van der Waals surface area contributed by atoms with Crippen LogP contribution in [0.5, 0.6) is 0 Å². The number of unbranched alkanes of at least 4 members (excludes halogenated alkanes) is 45. The molecule has 0 bridgehead atoms. The van der Waals surface area contributed by atoms with Crippen molar-refractivity contribution in [1.29, 1.82) is 0 Å². The summed E-state index contributed by atoms with van der Waals surface area (Å²) in [7, 11) is 0. The standard InChI is InChI=1S/C69H129NO5/c1-3-5-7-9-11-13-15-17-19-20-21-22-23-25-28-31-34-37-41-45-49-53-57-61-67(72)66(65-71)70-68(73)62-58-54-50-46-42-38-35-32-29-26-24-27-30-33-36-40-44-48-52-56-60-64-75-69(74)63-59-55-51-47-43-39-18-16-14-12-10-8-6-4-2/h16,18,40,44,52,56-57,61,66-67,71-72H,3-15,17,19-39,41-43,45-51,53-55,58-60,62-65H2,1-2H3,(H,70,73)/b18-16-,44-40-,56-52-,61-57+. The molecule has 2 atom stereocenters. The molecule has 0 aliphatic carbocycles. The highest BCUT2D eigenvalue weighted by molar-refractivity contribution is 5.76. The summed E-state index contributed by atoms with van der Waals surface area (Å²) in [5.41, 5.74) is 0. The van der Waals surface area contributed by atoms with Crippen LogP contribution in [0.1, 0.15) is 354 Å². The molecule has 0 saturated heterocycles.